The molecular weight excluding hydrogens is 652 g/mol. The van der Waals surface area contributed by atoms with Crippen LogP contribution in [0.3, 0.4) is 0 Å². The third-order valence-electron chi connectivity index (χ3n) is 8.38. The number of hydrogen-bond donors (Lipinski definition) is 3. The number of carbonyl (C=O) groups excluding carboxylic acids is 3. The minimum absolute atomic E-state index is 0.000647. The highest BCUT2D eigenvalue weighted by Gasteiger charge is 2.44. The van der Waals surface area contributed by atoms with Gasteiger partial charge >= 0.3 is 18.3 Å². The molecule has 2 saturated heterocycles. The van der Waals surface area contributed by atoms with Gasteiger partial charge in [0.25, 0.3) is 0 Å². The fourth-order valence-electron chi connectivity index (χ4n) is 6.16. The van der Waals surface area contributed by atoms with Gasteiger partial charge in [0.2, 0.25) is 11.8 Å². The maximum absolute atomic E-state index is 14.2. The second-order valence-corrected chi connectivity index (χ2v) is 11.8. The molecule has 0 spiro atoms. The molecule has 1 aromatic heterocycles. The Labute approximate surface area is 270 Å². The quantitative estimate of drug-likeness (QED) is 0.177. The molecule has 16 heteroatoms. The highest BCUT2D eigenvalue weighted by molar-refractivity contribution is 7.80. The van der Waals surface area contributed by atoms with Crippen molar-refractivity contribution < 1.29 is 45.5 Å². The molecule has 2 amide bonds. The number of thiocarbonyl (C=S) groups is 1. The van der Waals surface area contributed by atoms with E-state index < -0.39 is 70.2 Å². The topological polar surface area (TPSA) is 107 Å². The molecule has 0 bridgehead atoms. The number of ether oxygens (including phenoxy) is 1. The molecule has 3 aromatic rings. The average molecular weight is 684 g/mol. The summed E-state index contributed by atoms with van der Waals surface area (Å²) in [5.74, 6) is -1.51. The summed E-state index contributed by atoms with van der Waals surface area (Å²) in [4.78, 5) is 46.1. The molecule has 2 aliphatic heterocycles. The fraction of sp³-hybridized carbons (Fsp3) is 0.419. The van der Waals surface area contributed by atoms with Crippen molar-refractivity contribution in [2.24, 2.45) is 0 Å². The number of methoxy groups -OCH3 is 1. The summed E-state index contributed by atoms with van der Waals surface area (Å²) in [6.07, 6.45) is -6.61. The average Bonchev–Trinajstić information content (AvgIpc) is 3.79. The zero-order chi connectivity index (χ0) is 34.1. The summed E-state index contributed by atoms with van der Waals surface area (Å²) in [7, 11) is 1.23. The minimum Gasteiger partial charge on any atom is -0.467 e. The van der Waals surface area contributed by atoms with E-state index >= 15 is 0 Å². The van der Waals surface area contributed by atoms with Crippen LogP contribution in [0.1, 0.15) is 42.4 Å². The van der Waals surface area contributed by atoms with Gasteiger partial charge in [-0.2, -0.15) is 26.3 Å². The number of esters is 1. The van der Waals surface area contributed by atoms with Crippen LogP contribution in [-0.2, 0) is 37.9 Å². The van der Waals surface area contributed by atoms with E-state index in [9.17, 15) is 40.7 Å². The van der Waals surface area contributed by atoms with Crippen LogP contribution in [0.2, 0.25) is 0 Å². The third kappa shape index (κ3) is 7.47. The van der Waals surface area contributed by atoms with Crippen molar-refractivity contribution in [3.05, 3.63) is 65.4 Å². The predicted molar refractivity (Wildman–Crippen MR) is 163 cm³/mol. The van der Waals surface area contributed by atoms with E-state index in [2.05, 4.69) is 15.6 Å². The Hall–Kier alpha value is -4.34. The smallest absolute Gasteiger partial charge is 0.416 e. The molecule has 3 N–H and O–H groups in total. The van der Waals surface area contributed by atoms with Gasteiger partial charge in [0.1, 0.15) is 18.1 Å². The molecule has 0 unspecified atom stereocenters. The molecule has 3 heterocycles. The Morgan fingerprint density at radius 1 is 0.957 bits per heavy atom. The van der Waals surface area contributed by atoms with E-state index in [0.717, 1.165) is 10.9 Å². The lowest BCUT2D eigenvalue weighted by molar-refractivity contribution is -0.154. The van der Waals surface area contributed by atoms with E-state index in [4.69, 9.17) is 17.0 Å². The number of aromatic amines is 1. The van der Waals surface area contributed by atoms with Gasteiger partial charge in [-0.1, -0.05) is 18.2 Å². The van der Waals surface area contributed by atoms with Crippen LogP contribution in [0.5, 0.6) is 0 Å². The zero-order valence-electron chi connectivity index (χ0n) is 25.0. The van der Waals surface area contributed by atoms with Crippen molar-refractivity contribution in [2.75, 3.05) is 25.5 Å². The summed E-state index contributed by atoms with van der Waals surface area (Å²) in [6, 6.07) is 5.40. The lowest BCUT2D eigenvalue weighted by Crippen LogP contribution is -2.56. The van der Waals surface area contributed by atoms with E-state index in [1.807, 2.05) is 18.2 Å². The van der Waals surface area contributed by atoms with Crippen LogP contribution in [0.4, 0.5) is 32.0 Å². The summed E-state index contributed by atoms with van der Waals surface area (Å²) >= 11 is 5.31. The lowest BCUT2D eigenvalue weighted by Gasteiger charge is -2.33. The first-order valence-corrected chi connectivity index (χ1v) is 15.2. The SMILES string of the molecule is COC(=O)[C@H]1CCCN1C(=O)[C@H]1CCCN1C(=O)[C@H](Cc1c[nH]c2ccccc12)NC(=S)Nc1cc(C(F)(F)F)cc(C(F)(F)F)c1. The molecule has 0 saturated carbocycles. The molecule has 0 aliphatic carbocycles. The summed E-state index contributed by atoms with van der Waals surface area (Å²) in [5, 5.41) is 5.54. The zero-order valence-corrected chi connectivity index (χ0v) is 25.8. The standard InChI is InChI=1S/C31H31F6N5O4S/c1-46-28(45)25-9-5-11-42(25)27(44)24-8-4-10-41(24)26(43)23(12-17-16-38-22-7-3-2-6-21(17)22)40-29(47)39-20-14-18(30(32,33)34)13-19(15-20)31(35,36)37/h2-3,6-7,13-16,23-25,38H,4-5,8-12H2,1H3,(H2,39,40,47)/t23-,24+,25+/m0/s1. The predicted octanol–water partition coefficient (Wildman–Crippen LogP) is 5.26. The van der Waals surface area contributed by atoms with Gasteiger partial charge in [0, 0.05) is 42.3 Å². The largest absolute Gasteiger partial charge is 0.467 e. The maximum atomic E-state index is 14.2. The van der Waals surface area contributed by atoms with Gasteiger partial charge < -0.3 is 30.2 Å². The number of likely N-dealkylation sites (tertiary alicyclic amines) is 2. The molecule has 2 fully saturated rings. The first kappa shape index (κ1) is 34.0. The number of halogens is 6. The normalized spacial score (nSPS) is 19.1. The molecule has 0 radical (unpaired) electrons. The van der Waals surface area contributed by atoms with Gasteiger partial charge in [-0.15, -0.1) is 0 Å². The third-order valence-corrected chi connectivity index (χ3v) is 8.60. The Morgan fingerprint density at radius 2 is 1.57 bits per heavy atom. The Bertz CT molecular complexity index is 1640. The Balaban J connectivity index is 1.42. The molecule has 2 aromatic carbocycles. The number of H-pyrrole nitrogens is 1. The first-order chi connectivity index (χ1) is 22.2. The number of hydrogen-bond acceptors (Lipinski definition) is 5. The second-order valence-electron chi connectivity index (χ2n) is 11.4. The number of amides is 2. The monoisotopic (exact) mass is 683 g/mol. The Morgan fingerprint density at radius 3 is 2.21 bits per heavy atom. The summed E-state index contributed by atoms with van der Waals surface area (Å²) in [5.41, 5.74) is -2.19. The molecule has 252 valence electrons. The van der Waals surface area contributed by atoms with Crippen molar-refractivity contribution >= 4 is 51.7 Å². The first-order valence-electron chi connectivity index (χ1n) is 14.8. The van der Waals surface area contributed by atoms with Gasteiger partial charge in [0.15, 0.2) is 5.11 Å². The highest BCUT2D eigenvalue weighted by Crippen LogP contribution is 2.37. The number of alkyl halides is 6. The number of para-hydroxylation sites is 1. The van der Waals surface area contributed by atoms with Crippen molar-refractivity contribution in [1.29, 1.82) is 0 Å². The number of anilines is 1. The van der Waals surface area contributed by atoms with Gasteiger partial charge in [-0.3, -0.25) is 9.59 Å². The molecule has 3 atom stereocenters. The van der Waals surface area contributed by atoms with Crippen molar-refractivity contribution in [1.82, 2.24) is 20.1 Å². The summed E-state index contributed by atoms with van der Waals surface area (Å²) < 4.78 is 85.6. The van der Waals surface area contributed by atoms with E-state index in [0.29, 0.717) is 49.9 Å². The van der Waals surface area contributed by atoms with E-state index in [1.54, 1.807) is 12.3 Å². The van der Waals surface area contributed by atoms with Crippen LogP contribution in [0.15, 0.2) is 48.7 Å². The van der Waals surface area contributed by atoms with Crippen LogP contribution in [0.25, 0.3) is 10.9 Å². The minimum atomic E-state index is -5.07. The number of fused-ring (bicyclic) bond motifs is 1. The second kappa shape index (κ2) is 13.4. The number of nitrogens with zero attached hydrogens (tertiary/aromatic N) is 2. The van der Waals surface area contributed by atoms with E-state index in [1.165, 1.54) is 16.9 Å². The maximum Gasteiger partial charge on any atom is 0.416 e. The van der Waals surface area contributed by atoms with Crippen molar-refractivity contribution in [2.45, 2.75) is 62.6 Å². The number of nitrogens with one attached hydrogen (secondary N) is 3. The van der Waals surface area contributed by atoms with Gasteiger partial charge in [-0.25, -0.2) is 4.79 Å². The number of aromatic nitrogens is 1. The molecule has 2 aliphatic rings. The highest BCUT2D eigenvalue weighted by atomic mass is 32.1. The van der Waals surface area contributed by atoms with Crippen molar-refractivity contribution in [3.63, 3.8) is 0 Å². The molecular formula is C31H31F6N5O4S. The number of carbonyl (C=O) groups is 3. The van der Waals surface area contributed by atoms with E-state index in [-0.39, 0.29) is 19.0 Å². The van der Waals surface area contributed by atoms with Crippen molar-refractivity contribution in [3.8, 4) is 0 Å². The van der Waals surface area contributed by atoms with Crippen LogP contribution < -0.4 is 10.6 Å². The summed E-state index contributed by atoms with van der Waals surface area (Å²) in [6.45, 7) is 0.528. The number of benzene rings is 2. The molecule has 9 nitrogen and oxygen atoms in total. The van der Waals surface area contributed by atoms with Crippen LogP contribution in [-0.4, -0.2) is 76.0 Å². The molecule has 47 heavy (non-hydrogen) atoms. The van der Waals surface area contributed by atoms with Gasteiger partial charge in [-0.05, 0) is 67.7 Å². The number of rotatable bonds is 7. The lowest BCUT2D eigenvalue weighted by atomic mass is 10.0. The van der Waals surface area contributed by atoms with Crippen LogP contribution in [0, 0.1) is 0 Å². The fourth-order valence-corrected chi connectivity index (χ4v) is 6.42. The van der Waals surface area contributed by atoms with Gasteiger partial charge in [0.05, 0.1) is 18.2 Å². The molecule has 5 rings (SSSR count). The Kier molecular flexibility index (Phi) is 9.70. The van der Waals surface area contributed by atoms with Crippen LogP contribution >= 0.6 is 12.2 Å².